The number of halogens is 2. The molecule has 0 aliphatic heterocycles. The van der Waals surface area contributed by atoms with Crippen LogP contribution in [0.2, 0.25) is 0 Å². The van der Waals surface area contributed by atoms with Crippen molar-refractivity contribution in [1.82, 2.24) is 9.78 Å². The molecule has 0 fully saturated rings. The molecular formula is C16H13BrFN3. The Hall–Kier alpha value is -2.14. The van der Waals surface area contributed by atoms with Crippen LogP contribution in [0, 0.1) is 5.82 Å². The molecule has 0 saturated heterocycles. The second kappa shape index (κ2) is 5.69. The third-order valence-corrected chi connectivity index (χ3v) is 3.74. The molecule has 5 heteroatoms. The van der Waals surface area contributed by atoms with E-state index in [0.29, 0.717) is 17.8 Å². The lowest BCUT2D eigenvalue weighted by Gasteiger charge is -2.04. The minimum absolute atomic E-state index is 0.241. The second-order valence-electron chi connectivity index (χ2n) is 4.75. The quantitative estimate of drug-likeness (QED) is 0.726. The van der Waals surface area contributed by atoms with Gasteiger partial charge >= 0.3 is 0 Å². The van der Waals surface area contributed by atoms with Gasteiger partial charge in [0.05, 0.1) is 12.7 Å². The Morgan fingerprint density at radius 3 is 2.81 bits per heavy atom. The summed E-state index contributed by atoms with van der Waals surface area (Å²) in [5.74, 6) is -0.241. The summed E-state index contributed by atoms with van der Waals surface area (Å²) in [7, 11) is 0. The Labute approximate surface area is 130 Å². The van der Waals surface area contributed by atoms with Gasteiger partial charge in [-0.3, -0.25) is 4.68 Å². The molecule has 0 spiro atoms. The van der Waals surface area contributed by atoms with E-state index in [1.165, 1.54) is 6.07 Å². The highest BCUT2D eigenvalue weighted by Gasteiger charge is 2.08. The Kier molecular flexibility index (Phi) is 3.75. The van der Waals surface area contributed by atoms with Gasteiger partial charge in [-0.15, -0.1) is 0 Å². The van der Waals surface area contributed by atoms with E-state index in [1.54, 1.807) is 23.0 Å². The molecule has 0 radical (unpaired) electrons. The minimum atomic E-state index is -0.241. The molecule has 0 aliphatic rings. The Morgan fingerprint density at radius 2 is 2.00 bits per heavy atom. The van der Waals surface area contributed by atoms with E-state index in [-0.39, 0.29) is 5.82 Å². The zero-order valence-corrected chi connectivity index (χ0v) is 12.7. The highest BCUT2D eigenvalue weighted by Crippen LogP contribution is 2.25. The number of hydrogen-bond donors (Lipinski definition) is 1. The van der Waals surface area contributed by atoms with E-state index in [9.17, 15) is 4.39 Å². The van der Waals surface area contributed by atoms with Gasteiger partial charge in [-0.2, -0.15) is 5.10 Å². The number of nitrogens with two attached hydrogens (primary N) is 1. The molecule has 0 amide bonds. The standard InChI is InChI=1S/C16H13BrFN3/c17-13-5-6-15(18)11(7-13)9-21-10-12(8-20-21)14-3-1-2-4-16(14)19/h1-8,10H,9,19H2. The molecule has 0 unspecified atom stereocenters. The van der Waals surface area contributed by atoms with Crippen molar-refractivity contribution >= 4 is 21.6 Å². The van der Waals surface area contributed by atoms with Crippen LogP contribution in [0.25, 0.3) is 11.1 Å². The topological polar surface area (TPSA) is 43.8 Å². The number of nitrogens with zero attached hydrogens (tertiary/aromatic N) is 2. The first-order valence-corrected chi connectivity index (χ1v) is 7.24. The van der Waals surface area contributed by atoms with Crippen molar-refractivity contribution < 1.29 is 4.39 Å². The monoisotopic (exact) mass is 345 g/mol. The normalized spacial score (nSPS) is 10.8. The third kappa shape index (κ3) is 2.97. The molecule has 3 rings (SSSR count). The maximum atomic E-state index is 13.8. The molecule has 0 atom stereocenters. The fourth-order valence-electron chi connectivity index (χ4n) is 2.19. The molecule has 3 nitrogen and oxygen atoms in total. The van der Waals surface area contributed by atoms with Crippen LogP contribution in [0.15, 0.2) is 59.3 Å². The lowest BCUT2D eigenvalue weighted by Crippen LogP contribution is -2.02. The summed E-state index contributed by atoms with van der Waals surface area (Å²) in [5.41, 5.74) is 9.09. The number of aromatic nitrogens is 2. The lowest BCUT2D eigenvalue weighted by molar-refractivity contribution is 0.585. The van der Waals surface area contributed by atoms with E-state index < -0.39 is 0 Å². The van der Waals surface area contributed by atoms with Crippen LogP contribution in [0.1, 0.15) is 5.56 Å². The second-order valence-corrected chi connectivity index (χ2v) is 5.67. The van der Waals surface area contributed by atoms with Crippen molar-refractivity contribution in [2.75, 3.05) is 5.73 Å². The van der Waals surface area contributed by atoms with Gasteiger partial charge in [-0.25, -0.2) is 4.39 Å². The molecule has 0 saturated carbocycles. The SMILES string of the molecule is Nc1ccccc1-c1cnn(Cc2cc(Br)ccc2F)c1. The highest BCUT2D eigenvalue weighted by atomic mass is 79.9. The van der Waals surface area contributed by atoms with Crippen LogP contribution in [0.5, 0.6) is 0 Å². The molecule has 1 aromatic heterocycles. The number of para-hydroxylation sites is 1. The summed E-state index contributed by atoms with van der Waals surface area (Å²) in [6.45, 7) is 0.373. The van der Waals surface area contributed by atoms with Gasteiger partial charge in [0.25, 0.3) is 0 Å². The summed E-state index contributed by atoms with van der Waals surface area (Å²) < 4.78 is 16.3. The molecule has 1 heterocycles. The number of benzene rings is 2. The Balaban J connectivity index is 1.89. The van der Waals surface area contributed by atoms with E-state index in [0.717, 1.165) is 15.6 Å². The number of hydrogen-bond acceptors (Lipinski definition) is 2. The Bertz CT molecular complexity index is 783. The summed E-state index contributed by atoms with van der Waals surface area (Å²) in [4.78, 5) is 0. The minimum Gasteiger partial charge on any atom is -0.398 e. The van der Waals surface area contributed by atoms with Crippen molar-refractivity contribution in [3.63, 3.8) is 0 Å². The number of anilines is 1. The van der Waals surface area contributed by atoms with Crippen LogP contribution in [0.3, 0.4) is 0 Å². The smallest absolute Gasteiger partial charge is 0.128 e. The first kappa shape index (κ1) is 13.8. The fraction of sp³-hybridized carbons (Fsp3) is 0.0625. The maximum absolute atomic E-state index is 13.8. The summed E-state index contributed by atoms with van der Waals surface area (Å²) in [6, 6.07) is 12.5. The summed E-state index contributed by atoms with van der Waals surface area (Å²) >= 11 is 3.35. The van der Waals surface area contributed by atoms with Crippen molar-refractivity contribution in [2.24, 2.45) is 0 Å². The average Bonchev–Trinajstić information content (AvgIpc) is 2.92. The predicted molar refractivity (Wildman–Crippen MR) is 85.3 cm³/mol. The van der Waals surface area contributed by atoms with Crippen LogP contribution in [0.4, 0.5) is 10.1 Å². The van der Waals surface area contributed by atoms with Crippen LogP contribution < -0.4 is 5.73 Å². The van der Waals surface area contributed by atoms with Gasteiger partial charge in [0.2, 0.25) is 0 Å². The van der Waals surface area contributed by atoms with Gasteiger partial charge in [0.15, 0.2) is 0 Å². The van der Waals surface area contributed by atoms with Gasteiger partial charge in [-0.05, 0) is 24.3 Å². The van der Waals surface area contributed by atoms with Gasteiger partial charge in [-0.1, -0.05) is 34.1 Å². The molecular weight excluding hydrogens is 333 g/mol. The fourth-order valence-corrected chi connectivity index (χ4v) is 2.60. The molecule has 2 aromatic carbocycles. The molecule has 0 aliphatic carbocycles. The van der Waals surface area contributed by atoms with Crippen molar-refractivity contribution in [3.8, 4) is 11.1 Å². The first-order valence-electron chi connectivity index (χ1n) is 6.45. The largest absolute Gasteiger partial charge is 0.398 e. The maximum Gasteiger partial charge on any atom is 0.128 e. The molecule has 106 valence electrons. The summed E-state index contributed by atoms with van der Waals surface area (Å²) in [6.07, 6.45) is 3.60. The van der Waals surface area contributed by atoms with E-state index in [1.807, 2.05) is 30.5 Å². The van der Waals surface area contributed by atoms with Crippen LogP contribution in [-0.2, 0) is 6.54 Å². The van der Waals surface area contributed by atoms with E-state index in [4.69, 9.17) is 5.73 Å². The third-order valence-electron chi connectivity index (χ3n) is 3.25. The zero-order valence-electron chi connectivity index (χ0n) is 11.1. The van der Waals surface area contributed by atoms with E-state index in [2.05, 4.69) is 21.0 Å². The average molecular weight is 346 g/mol. The summed E-state index contributed by atoms with van der Waals surface area (Å²) in [5, 5.41) is 4.28. The lowest BCUT2D eigenvalue weighted by atomic mass is 10.1. The molecule has 2 N–H and O–H groups in total. The van der Waals surface area contributed by atoms with Gasteiger partial charge in [0, 0.05) is 33.0 Å². The molecule has 0 bridgehead atoms. The number of rotatable bonds is 3. The van der Waals surface area contributed by atoms with Crippen molar-refractivity contribution in [1.29, 1.82) is 0 Å². The zero-order chi connectivity index (χ0) is 14.8. The van der Waals surface area contributed by atoms with Crippen molar-refractivity contribution in [2.45, 2.75) is 6.54 Å². The predicted octanol–water partition coefficient (Wildman–Crippen LogP) is 4.08. The Morgan fingerprint density at radius 1 is 1.19 bits per heavy atom. The van der Waals surface area contributed by atoms with Gasteiger partial charge < -0.3 is 5.73 Å². The number of nitrogen functional groups attached to an aromatic ring is 1. The van der Waals surface area contributed by atoms with Crippen molar-refractivity contribution in [3.05, 3.63) is 70.7 Å². The molecule has 21 heavy (non-hydrogen) atoms. The van der Waals surface area contributed by atoms with Gasteiger partial charge in [0.1, 0.15) is 5.82 Å². The van der Waals surface area contributed by atoms with E-state index >= 15 is 0 Å². The molecule has 3 aromatic rings. The first-order chi connectivity index (χ1) is 10.1. The van der Waals surface area contributed by atoms with Crippen LogP contribution in [-0.4, -0.2) is 9.78 Å². The highest BCUT2D eigenvalue weighted by molar-refractivity contribution is 9.10. The van der Waals surface area contributed by atoms with Crippen LogP contribution >= 0.6 is 15.9 Å².